The van der Waals surface area contributed by atoms with Gasteiger partial charge in [0.2, 0.25) is 9.84 Å². The van der Waals surface area contributed by atoms with Crippen LogP contribution in [0, 0.1) is 0 Å². The van der Waals surface area contributed by atoms with Crippen LogP contribution in [0.2, 0.25) is 0 Å². The van der Waals surface area contributed by atoms with Gasteiger partial charge in [0.15, 0.2) is 0 Å². The van der Waals surface area contributed by atoms with Crippen molar-refractivity contribution in [3.63, 3.8) is 0 Å². The first-order valence-corrected chi connectivity index (χ1v) is 17.1. The third-order valence-corrected chi connectivity index (χ3v) is 11.4. The molecule has 4 nitrogen and oxygen atoms in total. The van der Waals surface area contributed by atoms with Crippen LogP contribution in [0.25, 0.3) is 38.6 Å². The smallest absolute Gasteiger partial charge is 0.208 e. The Morgan fingerprint density at radius 1 is 0.511 bits per heavy atom. The molecule has 0 amide bonds. The number of nitrogens with zero attached hydrogens (tertiary/aromatic N) is 2. The van der Waals surface area contributed by atoms with E-state index in [1.807, 2.05) is 18.2 Å². The van der Waals surface area contributed by atoms with Crippen molar-refractivity contribution >= 4 is 31.6 Å². The van der Waals surface area contributed by atoms with Gasteiger partial charge in [-0.15, -0.1) is 0 Å². The fraction of sp³-hybridized carbons (Fsp3) is 0.0238. The van der Waals surface area contributed by atoms with Crippen molar-refractivity contribution in [3.05, 3.63) is 192 Å². The molecule has 8 aromatic rings. The summed E-state index contributed by atoms with van der Waals surface area (Å²) in [6, 6.07) is 53.7. The molecule has 0 atom stereocenters. The van der Waals surface area contributed by atoms with Crippen molar-refractivity contribution in [2.45, 2.75) is 15.2 Å². The molecule has 0 radical (unpaired) electrons. The SMILES string of the molecule is O=S(=O)(c1ccc(C2(c3ccc4c(c3)c3ccccc3n4-c3ccccc3)c3ccccc3-c3ccccc32)cc1)c1cccnc1. The average Bonchev–Trinajstić information content (AvgIpc) is 3.63. The van der Waals surface area contributed by atoms with Crippen molar-refractivity contribution in [1.29, 1.82) is 0 Å². The summed E-state index contributed by atoms with van der Waals surface area (Å²) in [5, 5.41) is 2.35. The molecule has 1 aliphatic carbocycles. The van der Waals surface area contributed by atoms with E-state index >= 15 is 0 Å². The third kappa shape index (κ3) is 3.93. The van der Waals surface area contributed by atoms with Crippen LogP contribution in [-0.4, -0.2) is 18.0 Å². The number of pyridine rings is 1. The van der Waals surface area contributed by atoms with Crippen LogP contribution in [0.15, 0.2) is 180 Å². The molecule has 9 rings (SSSR count). The lowest BCUT2D eigenvalue weighted by Crippen LogP contribution is -2.28. The van der Waals surface area contributed by atoms with Crippen LogP contribution in [0.3, 0.4) is 0 Å². The minimum atomic E-state index is -3.73. The highest BCUT2D eigenvalue weighted by atomic mass is 32.2. The Kier molecular flexibility index (Phi) is 6.08. The molecular formula is C42H28N2O2S. The first kappa shape index (κ1) is 27.5. The molecule has 0 aliphatic heterocycles. The maximum absolute atomic E-state index is 13.6. The Balaban J connectivity index is 1.33. The molecule has 0 fully saturated rings. The van der Waals surface area contributed by atoms with Crippen molar-refractivity contribution < 1.29 is 8.42 Å². The molecule has 0 saturated carbocycles. The van der Waals surface area contributed by atoms with E-state index in [1.54, 1.807) is 30.5 Å². The summed E-state index contributed by atoms with van der Waals surface area (Å²) < 4.78 is 29.5. The number of para-hydroxylation sites is 2. The van der Waals surface area contributed by atoms with Crippen LogP contribution in [-0.2, 0) is 15.3 Å². The maximum atomic E-state index is 13.6. The molecule has 47 heavy (non-hydrogen) atoms. The van der Waals surface area contributed by atoms with Crippen molar-refractivity contribution in [1.82, 2.24) is 9.55 Å². The van der Waals surface area contributed by atoms with E-state index in [1.165, 1.54) is 39.2 Å². The van der Waals surface area contributed by atoms with Gasteiger partial charge in [0.05, 0.1) is 26.2 Å². The summed E-state index contributed by atoms with van der Waals surface area (Å²) in [4.78, 5) is 4.47. The second-order valence-electron chi connectivity index (χ2n) is 12.0. The number of sulfone groups is 1. The van der Waals surface area contributed by atoms with E-state index in [0.29, 0.717) is 0 Å². The topological polar surface area (TPSA) is 52.0 Å². The zero-order chi connectivity index (χ0) is 31.6. The van der Waals surface area contributed by atoms with Gasteiger partial charge in [-0.3, -0.25) is 4.98 Å². The number of fused-ring (bicyclic) bond motifs is 6. The summed E-state index contributed by atoms with van der Waals surface area (Å²) >= 11 is 0. The Morgan fingerprint density at radius 2 is 1.13 bits per heavy atom. The van der Waals surface area contributed by atoms with Crippen molar-refractivity contribution in [2.24, 2.45) is 0 Å². The lowest BCUT2D eigenvalue weighted by molar-refractivity contribution is 0.595. The molecule has 224 valence electrons. The van der Waals surface area contributed by atoms with E-state index in [2.05, 4.69) is 125 Å². The lowest BCUT2D eigenvalue weighted by atomic mass is 9.67. The highest BCUT2D eigenvalue weighted by Gasteiger charge is 2.46. The molecule has 0 spiro atoms. The number of aromatic nitrogens is 2. The van der Waals surface area contributed by atoms with Gasteiger partial charge < -0.3 is 4.57 Å². The van der Waals surface area contributed by atoms with Gasteiger partial charge in [0.1, 0.15) is 0 Å². The Morgan fingerprint density at radius 3 is 1.83 bits per heavy atom. The number of rotatable bonds is 5. The quantitative estimate of drug-likeness (QED) is 0.192. The third-order valence-electron chi connectivity index (χ3n) is 9.61. The highest BCUT2D eigenvalue weighted by Crippen LogP contribution is 2.56. The van der Waals surface area contributed by atoms with Crippen molar-refractivity contribution in [2.75, 3.05) is 0 Å². The zero-order valence-electron chi connectivity index (χ0n) is 25.3. The van der Waals surface area contributed by atoms with Crippen LogP contribution >= 0.6 is 0 Å². The van der Waals surface area contributed by atoms with Gasteiger partial charge in [0, 0.05) is 28.9 Å². The van der Waals surface area contributed by atoms with Crippen molar-refractivity contribution in [3.8, 4) is 16.8 Å². The predicted octanol–water partition coefficient (Wildman–Crippen LogP) is 9.37. The van der Waals surface area contributed by atoms with Gasteiger partial charge in [-0.1, -0.05) is 103 Å². The Labute approximate surface area is 273 Å². The first-order chi connectivity index (χ1) is 23.1. The molecule has 2 heterocycles. The lowest BCUT2D eigenvalue weighted by Gasteiger charge is -2.34. The van der Waals surface area contributed by atoms with Gasteiger partial charge in [0.25, 0.3) is 0 Å². The molecule has 1 aliphatic rings. The summed E-state index contributed by atoms with van der Waals surface area (Å²) in [6.45, 7) is 0. The second kappa shape index (κ2) is 10.4. The van der Waals surface area contributed by atoms with E-state index in [9.17, 15) is 8.42 Å². The summed E-state index contributed by atoms with van der Waals surface area (Å²) in [7, 11) is -3.73. The standard InChI is InChI=1S/C42H28N2O2S/c45-47(46,33-13-10-26-43-28-33)32-23-20-29(21-24-32)42(38-17-7-4-14-34(38)35-15-5-8-18-39(35)42)30-22-25-41-37(27-30)36-16-6-9-19-40(36)44(41)31-11-2-1-3-12-31/h1-28H. The highest BCUT2D eigenvalue weighted by molar-refractivity contribution is 7.91. The Hall–Kier alpha value is -5.78. The maximum Gasteiger partial charge on any atom is 0.208 e. The molecule has 0 bridgehead atoms. The molecule has 0 saturated heterocycles. The first-order valence-electron chi connectivity index (χ1n) is 15.6. The molecule has 0 unspecified atom stereocenters. The fourth-order valence-electron chi connectivity index (χ4n) is 7.61. The van der Waals surface area contributed by atoms with E-state index in [0.717, 1.165) is 27.8 Å². The second-order valence-corrected chi connectivity index (χ2v) is 13.9. The number of hydrogen-bond acceptors (Lipinski definition) is 3. The van der Waals surface area contributed by atoms with Crippen LogP contribution in [0.4, 0.5) is 0 Å². The Bertz CT molecular complexity index is 2530. The van der Waals surface area contributed by atoms with Gasteiger partial charge >= 0.3 is 0 Å². The van der Waals surface area contributed by atoms with E-state index in [4.69, 9.17) is 0 Å². The number of benzene rings is 6. The fourth-order valence-corrected chi connectivity index (χ4v) is 8.84. The van der Waals surface area contributed by atoms with Crippen LogP contribution < -0.4 is 0 Å². The molecular weight excluding hydrogens is 597 g/mol. The molecule has 6 aromatic carbocycles. The molecule has 5 heteroatoms. The monoisotopic (exact) mass is 624 g/mol. The van der Waals surface area contributed by atoms with Gasteiger partial charge in [-0.2, -0.15) is 0 Å². The van der Waals surface area contributed by atoms with E-state index < -0.39 is 15.3 Å². The summed E-state index contributed by atoms with van der Waals surface area (Å²) in [6.07, 6.45) is 2.98. The van der Waals surface area contributed by atoms with Crippen LogP contribution in [0.1, 0.15) is 22.3 Å². The number of hydrogen-bond donors (Lipinski definition) is 0. The summed E-state index contributed by atoms with van der Waals surface area (Å²) in [5.74, 6) is 0. The largest absolute Gasteiger partial charge is 0.309 e. The minimum Gasteiger partial charge on any atom is -0.309 e. The molecule has 2 aromatic heterocycles. The van der Waals surface area contributed by atoms with Gasteiger partial charge in [-0.25, -0.2) is 8.42 Å². The predicted molar refractivity (Wildman–Crippen MR) is 188 cm³/mol. The van der Waals surface area contributed by atoms with Crippen LogP contribution in [0.5, 0.6) is 0 Å². The summed E-state index contributed by atoms with van der Waals surface area (Å²) in [5.41, 5.74) is 9.57. The average molecular weight is 625 g/mol. The van der Waals surface area contributed by atoms with Gasteiger partial charge in [-0.05, 0) is 88.0 Å². The minimum absolute atomic E-state index is 0.180. The molecule has 0 N–H and O–H groups in total. The normalized spacial score (nSPS) is 13.4. The zero-order valence-corrected chi connectivity index (χ0v) is 26.1. The van der Waals surface area contributed by atoms with E-state index in [-0.39, 0.29) is 9.79 Å².